The van der Waals surface area contributed by atoms with E-state index in [2.05, 4.69) is 4.37 Å². The SMILES string of the molecule is CCOC(=O)c1c(-c2ccc(C(C)F)cc2)nsc1C(F)(F)F. The number of hydrogen-bond acceptors (Lipinski definition) is 4. The van der Waals surface area contributed by atoms with E-state index in [1.807, 2.05) is 0 Å². The third kappa shape index (κ3) is 3.69. The Kier molecular flexibility index (Phi) is 5.03. The summed E-state index contributed by atoms with van der Waals surface area (Å²) in [6.07, 6.45) is -5.90. The second-order valence-electron chi connectivity index (χ2n) is 4.69. The molecule has 124 valence electrons. The molecule has 0 aliphatic heterocycles. The van der Waals surface area contributed by atoms with Gasteiger partial charge in [0, 0.05) is 5.56 Å². The molecule has 8 heteroatoms. The van der Waals surface area contributed by atoms with Crippen LogP contribution in [0.1, 0.15) is 40.8 Å². The molecule has 0 fully saturated rings. The molecule has 1 atom stereocenters. The number of carbonyl (C=O) groups is 1. The van der Waals surface area contributed by atoms with E-state index < -0.39 is 28.8 Å². The molecule has 2 rings (SSSR count). The summed E-state index contributed by atoms with van der Waals surface area (Å²) in [5, 5.41) is 0. The summed E-state index contributed by atoms with van der Waals surface area (Å²) in [6, 6.07) is 5.76. The van der Waals surface area contributed by atoms with Crippen molar-refractivity contribution in [2.75, 3.05) is 6.61 Å². The fraction of sp³-hybridized carbons (Fsp3) is 0.333. The summed E-state index contributed by atoms with van der Waals surface area (Å²) in [4.78, 5) is 10.8. The molecule has 1 heterocycles. The first kappa shape index (κ1) is 17.4. The Morgan fingerprint density at radius 1 is 1.30 bits per heavy atom. The highest BCUT2D eigenvalue weighted by molar-refractivity contribution is 7.06. The van der Waals surface area contributed by atoms with Crippen molar-refractivity contribution in [2.45, 2.75) is 26.2 Å². The molecular formula is C15H13F4NO2S. The maximum absolute atomic E-state index is 13.2. The average molecular weight is 347 g/mol. The largest absolute Gasteiger partial charge is 0.462 e. The lowest BCUT2D eigenvalue weighted by Gasteiger charge is -2.09. The summed E-state index contributed by atoms with van der Waals surface area (Å²) >= 11 is 0.193. The zero-order chi connectivity index (χ0) is 17.2. The molecule has 23 heavy (non-hydrogen) atoms. The molecule has 0 aliphatic rings. The number of halogens is 4. The molecule has 0 spiro atoms. The molecule has 1 aromatic carbocycles. The minimum Gasteiger partial charge on any atom is -0.462 e. The van der Waals surface area contributed by atoms with Crippen molar-refractivity contribution in [3.8, 4) is 11.3 Å². The zero-order valence-electron chi connectivity index (χ0n) is 12.3. The van der Waals surface area contributed by atoms with Crippen molar-refractivity contribution in [3.63, 3.8) is 0 Å². The molecular weight excluding hydrogens is 334 g/mol. The van der Waals surface area contributed by atoms with Gasteiger partial charge in [0.1, 0.15) is 16.6 Å². The smallest absolute Gasteiger partial charge is 0.428 e. The number of hydrogen-bond donors (Lipinski definition) is 0. The van der Waals surface area contributed by atoms with Crippen LogP contribution in [0.15, 0.2) is 24.3 Å². The van der Waals surface area contributed by atoms with Gasteiger partial charge in [-0.2, -0.15) is 17.5 Å². The van der Waals surface area contributed by atoms with Gasteiger partial charge in [0.25, 0.3) is 0 Å². The van der Waals surface area contributed by atoms with Crippen molar-refractivity contribution in [3.05, 3.63) is 40.3 Å². The summed E-state index contributed by atoms with van der Waals surface area (Å²) in [5.74, 6) is -1.08. The van der Waals surface area contributed by atoms with Crippen molar-refractivity contribution in [1.29, 1.82) is 0 Å². The topological polar surface area (TPSA) is 39.2 Å². The van der Waals surface area contributed by atoms with Crippen molar-refractivity contribution < 1.29 is 27.1 Å². The van der Waals surface area contributed by atoms with Gasteiger partial charge in [-0.25, -0.2) is 9.18 Å². The first-order valence-corrected chi connectivity index (χ1v) is 7.51. The fourth-order valence-corrected chi connectivity index (χ4v) is 2.73. The summed E-state index contributed by atoms with van der Waals surface area (Å²) in [5.41, 5.74) is -0.0360. The summed E-state index contributed by atoms with van der Waals surface area (Å²) in [7, 11) is 0. The van der Waals surface area contributed by atoms with Crippen LogP contribution in [0, 0.1) is 0 Å². The maximum Gasteiger partial charge on any atom is 0.428 e. The van der Waals surface area contributed by atoms with Crippen molar-refractivity contribution in [2.24, 2.45) is 0 Å². The van der Waals surface area contributed by atoms with Gasteiger partial charge in [0.15, 0.2) is 0 Å². The second kappa shape index (κ2) is 6.66. The molecule has 3 nitrogen and oxygen atoms in total. The first-order chi connectivity index (χ1) is 10.8. The Hall–Kier alpha value is -1.96. The van der Waals surface area contributed by atoms with Gasteiger partial charge in [-0.15, -0.1) is 0 Å². The van der Waals surface area contributed by atoms with Crippen LogP contribution in [0.5, 0.6) is 0 Å². The van der Waals surface area contributed by atoms with Crippen LogP contribution in [0.25, 0.3) is 11.3 Å². The Labute approximate surface area is 134 Å². The van der Waals surface area contributed by atoms with E-state index in [0.717, 1.165) is 0 Å². The molecule has 1 unspecified atom stereocenters. The molecule has 2 aromatic rings. The molecule has 0 radical (unpaired) electrons. The number of alkyl halides is 4. The molecule has 0 amide bonds. The van der Waals surface area contributed by atoms with E-state index >= 15 is 0 Å². The fourth-order valence-electron chi connectivity index (χ4n) is 1.98. The number of aromatic nitrogens is 1. The van der Waals surface area contributed by atoms with Crippen LogP contribution in [-0.4, -0.2) is 16.9 Å². The zero-order valence-corrected chi connectivity index (χ0v) is 13.1. The minimum atomic E-state index is -4.70. The predicted molar refractivity (Wildman–Crippen MR) is 78.0 cm³/mol. The highest BCUT2D eigenvalue weighted by atomic mass is 32.1. The minimum absolute atomic E-state index is 0.0519. The molecule has 0 saturated carbocycles. The van der Waals surface area contributed by atoms with E-state index in [0.29, 0.717) is 11.1 Å². The van der Waals surface area contributed by atoms with E-state index in [-0.39, 0.29) is 23.8 Å². The Bertz CT molecular complexity index is 692. The summed E-state index contributed by atoms with van der Waals surface area (Å²) < 4.78 is 60.9. The van der Waals surface area contributed by atoms with Crippen molar-refractivity contribution >= 4 is 17.5 Å². The van der Waals surface area contributed by atoms with E-state index in [4.69, 9.17) is 4.74 Å². The Morgan fingerprint density at radius 3 is 2.39 bits per heavy atom. The number of benzene rings is 1. The van der Waals surface area contributed by atoms with Crippen molar-refractivity contribution in [1.82, 2.24) is 4.37 Å². The molecule has 0 bridgehead atoms. The van der Waals surface area contributed by atoms with Gasteiger partial charge in [0.2, 0.25) is 0 Å². The highest BCUT2D eigenvalue weighted by Gasteiger charge is 2.40. The third-order valence-electron chi connectivity index (χ3n) is 3.07. The molecule has 0 N–H and O–H groups in total. The number of ether oxygens (including phenoxy) is 1. The van der Waals surface area contributed by atoms with Gasteiger partial charge in [0.05, 0.1) is 12.3 Å². The number of carbonyl (C=O) groups excluding carboxylic acids is 1. The van der Waals surface area contributed by atoms with Crippen LogP contribution in [0.3, 0.4) is 0 Å². The number of nitrogens with zero attached hydrogens (tertiary/aromatic N) is 1. The van der Waals surface area contributed by atoms with Crippen LogP contribution in [-0.2, 0) is 10.9 Å². The lowest BCUT2D eigenvalue weighted by atomic mass is 10.0. The lowest BCUT2D eigenvalue weighted by molar-refractivity contribution is -0.134. The predicted octanol–water partition coefficient (Wildman–Crippen LogP) is 5.04. The van der Waals surface area contributed by atoms with Crippen LogP contribution in [0.4, 0.5) is 17.6 Å². The van der Waals surface area contributed by atoms with Gasteiger partial charge < -0.3 is 4.74 Å². The third-order valence-corrected chi connectivity index (χ3v) is 3.96. The van der Waals surface area contributed by atoms with E-state index in [1.165, 1.54) is 38.1 Å². The van der Waals surface area contributed by atoms with Gasteiger partial charge in [-0.05, 0) is 30.9 Å². The van der Waals surface area contributed by atoms with Crippen LogP contribution < -0.4 is 0 Å². The Balaban J connectivity index is 2.54. The maximum atomic E-state index is 13.2. The molecule has 1 aromatic heterocycles. The number of rotatable bonds is 4. The van der Waals surface area contributed by atoms with E-state index in [1.54, 1.807) is 0 Å². The number of esters is 1. The Morgan fingerprint density at radius 2 is 1.91 bits per heavy atom. The quantitative estimate of drug-likeness (QED) is 0.575. The molecule has 0 aliphatic carbocycles. The lowest BCUT2D eigenvalue weighted by Crippen LogP contribution is -2.13. The normalized spacial score (nSPS) is 13.0. The highest BCUT2D eigenvalue weighted by Crippen LogP contribution is 2.40. The first-order valence-electron chi connectivity index (χ1n) is 6.74. The second-order valence-corrected chi connectivity index (χ2v) is 5.46. The van der Waals surface area contributed by atoms with Gasteiger partial charge in [-0.3, -0.25) is 0 Å². The van der Waals surface area contributed by atoms with Gasteiger partial charge in [-0.1, -0.05) is 24.3 Å². The van der Waals surface area contributed by atoms with Crippen LogP contribution in [0.2, 0.25) is 0 Å². The summed E-state index contributed by atoms with van der Waals surface area (Å²) in [6.45, 7) is 2.80. The van der Waals surface area contributed by atoms with Gasteiger partial charge >= 0.3 is 12.1 Å². The van der Waals surface area contributed by atoms with E-state index in [9.17, 15) is 22.4 Å². The molecule has 0 saturated heterocycles. The van der Waals surface area contributed by atoms with Crippen LogP contribution >= 0.6 is 11.5 Å². The average Bonchev–Trinajstić information content (AvgIpc) is 2.92. The standard InChI is InChI=1S/C15H13F4NO2S/c1-3-22-14(21)11-12(20-23-13(11)15(17,18)19)10-6-4-9(5-7-10)8(2)16/h4-8H,3H2,1-2H3. The monoisotopic (exact) mass is 347 g/mol.